The highest BCUT2D eigenvalue weighted by atomic mass is 16.1. The van der Waals surface area contributed by atoms with Crippen molar-refractivity contribution in [1.82, 2.24) is 9.80 Å². The van der Waals surface area contributed by atoms with Gasteiger partial charge in [0.1, 0.15) is 5.78 Å². The van der Waals surface area contributed by atoms with Gasteiger partial charge >= 0.3 is 0 Å². The van der Waals surface area contributed by atoms with Crippen molar-refractivity contribution in [2.75, 3.05) is 26.7 Å². The zero-order valence-corrected chi connectivity index (χ0v) is 13.8. The van der Waals surface area contributed by atoms with Crippen LogP contribution in [0.25, 0.3) is 0 Å². The molecule has 4 atom stereocenters. The van der Waals surface area contributed by atoms with Crippen molar-refractivity contribution in [2.24, 2.45) is 11.8 Å². The molecule has 20 heavy (non-hydrogen) atoms. The van der Waals surface area contributed by atoms with Gasteiger partial charge in [0, 0.05) is 44.1 Å². The number of carbonyl (C=O) groups is 1. The Balaban J connectivity index is 1.89. The van der Waals surface area contributed by atoms with Crippen molar-refractivity contribution in [3.05, 3.63) is 0 Å². The summed E-state index contributed by atoms with van der Waals surface area (Å²) in [5, 5.41) is 0. The molecular formula is C17H32N2O. The minimum Gasteiger partial charge on any atom is -0.300 e. The Hall–Kier alpha value is -0.410. The molecule has 3 nitrogen and oxygen atoms in total. The van der Waals surface area contributed by atoms with Gasteiger partial charge in [-0.15, -0.1) is 0 Å². The van der Waals surface area contributed by atoms with Crippen LogP contribution >= 0.6 is 0 Å². The maximum Gasteiger partial charge on any atom is 0.137 e. The third-order valence-corrected chi connectivity index (χ3v) is 5.48. The van der Waals surface area contributed by atoms with Gasteiger partial charge in [0.25, 0.3) is 0 Å². The fourth-order valence-electron chi connectivity index (χ4n) is 4.02. The van der Waals surface area contributed by atoms with E-state index >= 15 is 0 Å². The maximum atomic E-state index is 12.2. The summed E-state index contributed by atoms with van der Waals surface area (Å²) in [5.74, 6) is 1.63. The molecule has 2 fully saturated rings. The molecule has 4 unspecified atom stereocenters. The van der Waals surface area contributed by atoms with E-state index in [4.69, 9.17) is 0 Å². The first-order valence-electron chi connectivity index (χ1n) is 8.48. The standard InChI is InChI=1S/C17H32N2O/c1-5-6-15-7-8-17(20)16(9-15)12-19-10-13(2)18(4)14(3)11-19/h13-16H,5-12H2,1-4H3. The van der Waals surface area contributed by atoms with Gasteiger partial charge in [-0.2, -0.15) is 0 Å². The smallest absolute Gasteiger partial charge is 0.137 e. The fraction of sp³-hybridized carbons (Fsp3) is 0.941. The van der Waals surface area contributed by atoms with E-state index in [1.54, 1.807) is 0 Å². The van der Waals surface area contributed by atoms with E-state index in [1.807, 2.05) is 0 Å². The van der Waals surface area contributed by atoms with E-state index < -0.39 is 0 Å². The molecule has 1 aliphatic heterocycles. The lowest BCUT2D eigenvalue weighted by Crippen LogP contribution is -2.56. The summed E-state index contributed by atoms with van der Waals surface area (Å²) in [5.41, 5.74) is 0. The molecule has 1 saturated carbocycles. The van der Waals surface area contributed by atoms with E-state index in [0.717, 1.165) is 44.8 Å². The lowest BCUT2D eigenvalue weighted by atomic mass is 9.78. The van der Waals surface area contributed by atoms with Crippen LogP contribution in [0.4, 0.5) is 0 Å². The minimum absolute atomic E-state index is 0.308. The van der Waals surface area contributed by atoms with Crippen LogP contribution in [-0.4, -0.2) is 54.3 Å². The zero-order valence-electron chi connectivity index (χ0n) is 13.8. The molecule has 0 aromatic carbocycles. The third-order valence-electron chi connectivity index (χ3n) is 5.48. The van der Waals surface area contributed by atoms with Gasteiger partial charge in [-0.1, -0.05) is 19.8 Å². The van der Waals surface area contributed by atoms with Crippen LogP contribution in [0, 0.1) is 11.8 Å². The maximum absolute atomic E-state index is 12.2. The van der Waals surface area contributed by atoms with Crippen molar-refractivity contribution < 1.29 is 4.79 Å². The average Bonchev–Trinajstić information content (AvgIpc) is 2.40. The summed E-state index contributed by atoms with van der Waals surface area (Å²) in [4.78, 5) is 17.2. The van der Waals surface area contributed by atoms with Crippen LogP contribution < -0.4 is 0 Å². The van der Waals surface area contributed by atoms with Gasteiger partial charge < -0.3 is 0 Å². The highest BCUT2D eigenvalue weighted by Gasteiger charge is 2.33. The molecule has 116 valence electrons. The number of Topliss-reactive ketones (excluding diaryl/α,β-unsaturated/α-hetero) is 1. The Morgan fingerprint density at radius 2 is 1.85 bits per heavy atom. The second-order valence-corrected chi connectivity index (χ2v) is 7.17. The second kappa shape index (κ2) is 7.04. The SMILES string of the molecule is CCCC1CCC(=O)C(CN2CC(C)N(C)C(C)C2)C1. The topological polar surface area (TPSA) is 23.6 Å². The molecular weight excluding hydrogens is 248 g/mol. The highest BCUT2D eigenvalue weighted by Crippen LogP contribution is 2.30. The summed E-state index contributed by atoms with van der Waals surface area (Å²) in [6.07, 6.45) is 5.67. The van der Waals surface area contributed by atoms with Gasteiger partial charge in [0.2, 0.25) is 0 Å². The Labute approximate surface area is 124 Å². The minimum atomic E-state index is 0.308. The van der Waals surface area contributed by atoms with Gasteiger partial charge in [-0.25, -0.2) is 0 Å². The predicted molar refractivity (Wildman–Crippen MR) is 83.9 cm³/mol. The molecule has 1 aliphatic carbocycles. The van der Waals surface area contributed by atoms with E-state index in [9.17, 15) is 4.79 Å². The molecule has 0 aromatic rings. The normalized spacial score (nSPS) is 37.3. The molecule has 0 radical (unpaired) electrons. The number of ketones is 1. The first kappa shape index (κ1) is 16.0. The number of piperazine rings is 1. The summed E-state index contributed by atoms with van der Waals surface area (Å²) in [6.45, 7) is 10.1. The number of hydrogen-bond donors (Lipinski definition) is 0. The quantitative estimate of drug-likeness (QED) is 0.791. The van der Waals surface area contributed by atoms with Crippen molar-refractivity contribution in [3.63, 3.8) is 0 Å². The van der Waals surface area contributed by atoms with Crippen LogP contribution in [0.1, 0.15) is 52.9 Å². The Morgan fingerprint density at radius 3 is 2.45 bits per heavy atom. The van der Waals surface area contributed by atoms with E-state index in [1.165, 1.54) is 12.8 Å². The number of hydrogen-bond acceptors (Lipinski definition) is 3. The summed E-state index contributed by atoms with van der Waals surface area (Å²) >= 11 is 0. The van der Waals surface area contributed by atoms with Crippen LogP contribution in [-0.2, 0) is 4.79 Å². The molecule has 0 bridgehead atoms. The summed E-state index contributed by atoms with van der Waals surface area (Å²) < 4.78 is 0. The summed E-state index contributed by atoms with van der Waals surface area (Å²) in [7, 11) is 2.22. The van der Waals surface area contributed by atoms with Crippen LogP contribution in [0.3, 0.4) is 0 Å². The molecule has 2 aliphatic rings. The number of carbonyl (C=O) groups excluding carboxylic acids is 1. The fourth-order valence-corrected chi connectivity index (χ4v) is 4.02. The van der Waals surface area contributed by atoms with Gasteiger partial charge in [-0.3, -0.25) is 14.6 Å². The highest BCUT2D eigenvalue weighted by molar-refractivity contribution is 5.81. The van der Waals surface area contributed by atoms with E-state index in [2.05, 4.69) is 37.6 Å². The Kier molecular flexibility index (Phi) is 5.62. The number of likely N-dealkylation sites (N-methyl/N-ethyl adjacent to an activating group) is 1. The molecule has 0 aromatic heterocycles. The van der Waals surface area contributed by atoms with E-state index in [0.29, 0.717) is 23.8 Å². The molecule has 1 heterocycles. The molecule has 0 amide bonds. The van der Waals surface area contributed by atoms with E-state index in [-0.39, 0.29) is 0 Å². The average molecular weight is 280 g/mol. The van der Waals surface area contributed by atoms with Crippen molar-refractivity contribution in [1.29, 1.82) is 0 Å². The first-order chi connectivity index (χ1) is 9.51. The Morgan fingerprint density at radius 1 is 1.20 bits per heavy atom. The Bertz CT molecular complexity index is 319. The van der Waals surface area contributed by atoms with Gasteiger partial charge in [-0.05, 0) is 39.7 Å². The van der Waals surface area contributed by atoms with Crippen molar-refractivity contribution in [2.45, 2.75) is 65.0 Å². The van der Waals surface area contributed by atoms with Crippen molar-refractivity contribution in [3.8, 4) is 0 Å². The monoisotopic (exact) mass is 280 g/mol. The summed E-state index contributed by atoms with van der Waals surface area (Å²) in [6, 6.07) is 1.20. The molecule has 0 N–H and O–H groups in total. The molecule has 3 heteroatoms. The lowest BCUT2D eigenvalue weighted by Gasteiger charge is -2.44. The first-order valence-corrected chi connectivity index (χ1v) is 8.48. The largest absolute Gasteiger partial charge is 0.300 e. The molecule has 2 rings (SSSR count). The number of nitrogens with zero attached hydrogens (tertiary/aromatic N) is 2. The predicted octanol–water partition coefficient (Wildman–Crippen LogP) is 2.80. The van der Waals surface area contributed by atoms with Crippen molar-refractivity contribution >= 4 is 5.78 Å². The van der Waals surface area contributed by atoms with Crippen LogP contribution in [0.2, 0.25) is 0 Å². The third kappa shape index (κ3) is 3.82. The molecule has 0 spiro atoms. The zero-order chi connectivity index (χ0) is 14.7. The van der Waals surface area contributed by atoms with Crippen LogP contribution in [0.5, 0.6) is 0 Å². The lowest BCUT2D eigenvalue weighted by molar-refractivity contribution is -0.126. The van der Waals surface area contributed by atoms with Crippen LogP contribution in [0.15, 0.2) is 0 Å². The molecule has 1 saturated heterocycles. The number of rotatable bonds is 4. The second-order valence-electron chi connectivity index (χ2n) is 7.17. The van der Waals surface area contributed by atoms with Gasteiger partial charge in [0.15, 0.2) is 0 Å². The van der Waals surface area contributed by atoms with Gasteiger partial charge in [0.05, 0.1) is 0 Å².